The lowest BCUT2D eigenvalue weighted by molar-refractivity contribution is 0.0283. The van der Waals surface area contributed by atoms with E-state index in [4.69, 9.17) is 4.74 Å². The standard InChI is InChI=1S/C19H27NO/c1-13-18-10-15-6-7-16(21-3)11-17(15)19(13,2)8-9-20(18)12-14-4-5-14/h6-7,11,13-14,18H,4-5,8-10,12H2,1-3H3. The Labute approximate surface area is 128 Å². The molecule has 0 N–H and O–H groups in total. The third-order valence-electron chi connectivity index (χ3n) is 6.52. The van der Waals surface area contributed by atoms with Crippen LogP contribution in [-0.2, 0) is 11.8 Å². The van der Waals surface area contributed by atoms with E-state index in [1.54, 1.807) is 18.2 Å². The van der Waals surface area contributed by atoms with Gasteiger partial charge in [-0.1, -0.05) is 19.9 Å². The highest BCUT2D eigenvalue weighted by molar-refractivity contribution is 5.44. The molecule has 2 heteroatoms. The Morgan fingerprint density at radius 3 is 2.86 bits per heavy atom. The number of likely N-dealkylation sites (tertiary alicyclic amines) is 1. The summed E-state index contributed by atoms with van der Waals surface area (Å²) in [5.41, 5.74) is 3.44. The maximum atomic E-state index is 5.47. The molecule has 4 rings (SSSR count). The Balaban J connectivity index is 1.70. The minimum absolute atomic E-state index is 0.326. The molecule has 1 aliphatic heterocycles. The van der Waals surface area contributed by atoms with Crippen molar-refractivity contribution in [3.05, 3.63) is 29.3 Å². The number of fused-ring (bicyclic) bond motifs is 4. The van der Waals surface area contributed by atoms with E-state index < -0.39 is 0 Å². The summed E-state index contributed by atoms with van der Waals surface area (Å²) in [7, 11) is 1.78. The Hall–Kier alpha value is -1.02. The molecule has 2 bridgehead atoms. The van der Waals surface area contributed by atoms with Crippen LogP contribution in [0.1, 0.15) is 44.2 Å². The van der Waals surface area contributed by atoms with Crippen LogP contribution in [0.4, 0.5) is 0 Å². The molecule has 0 spiro atoms. The fourth-order valence-corrected chi connectivity index (χ4v) is 4.67. The smallest absolute Gasteiger partial charge is 0.119 e. The lowest BCUT2D eigenvalue weighted by Crippen LogP contribution is -2.58. The van der Waals surface area contributed by atoms with Gasteiger partial charge in [-0.05, 0) is 72.7 Å². The first-order valence-electron chi connectivity index (χ1n) is 8.53. The van der Waals surface area contributed by atoms with Gasteiger partial charge in [0.15, 0.2) is 0 Å². The van der Waals surface area contributed by atoms with Gasteiger partial charge < -0.3 is 4.74 Å². The number of hydrogen-bond donors (Lipinski definition) is 0. The number of piperidine rings is 1. The SMILES string of the molecule is COc1ccc2c(c1)C1(C)CCN(CC3CC3)C(C2)C1C. The van der Waals surface area contributed by atoms with Crippen molar-refractivity contribution in [1.82, 2.24) is 4.90 Å². The summed E-state index contributed by atoms with van der Waals surface area (Å²) in [5.74, 6) is 2.75. The van der Waals surface area contributed by atoms with Gasteiger partial charge in [0.1, 0.15) is 5.75 Å². The minimum Gasteiger partial charge on any atom is -0.497 e. The second-order valence-corrected chi connectivity index (χ2v) is 7.69. The van der Waals surface area contributed by atoms with Gasteiger partial charge in [0.25, 0.3) is 0 Å². The summed E-state index contributed by atoms with van der Waals surface area (Å²) in [6, 6.07) is 7.49. The average Bonchev–Trinajstić information content (AvgIpc) is 3.30. The molecule has 0 amide bonds. The van der Waals surface area contributed by atoms with E-state index >= 15 is 0 Å². The molecule has 2 aliphatic carbocycles. The molecule has 1 saturated heterocycles. The topological polar surface area (TPSA) is 12.5 Å². The Bertz CT molecular complexity index is 550. The quantitative estimate of drug-likeness (QED) is 0.841. The van der Waals surface area contributed by atoms with Crippen molar-refractivity contribution in [1.29, 1.82) is 0 Å². The van der Waals surface area contributed by atoms with Gasteiger partial charge in [-0.2, -0.15) is 0 Å². The van der Waals surface area contributed by atoms with Crippen LogP contribution in [0.15, 0.2) is 18.2 Å². The molecule has 1 aromatic carbocycles. The molecule has 1 heterocycles. The van der Waals surface area contributed by atoms with E-state index in [2.05, 4.69) is 36.9 Å². The highest BCUT2D eigenvalue weighted by atomic mass is 16.5. The Morgan fingerprint density at radius 1 is 1.33 bits per heavy atom. The van der Waals surface area contributed by atoms with Crippen LogP contribution in [0, 0.1) is 11.8 Å². The number of hydrogen-bond acceptors (Lipinski definition) is 2. The first-order valence-corrected chi connectivity index (χ1v) is 8.53. The van der Waals surface area contributed by atoms with Gasteiger partial charge in [0, 0.05) is 12.6 Å². The predicted octanol–water partition coefficient (Wildman–Crippen LogP) is 3.63. The highest BCUT2D eigenvalue weighted by Gasteiger charge is 2.49. The first-order chi connectivity index (χ1) is 10.1. The van der Waals surface area contributed by atoms with Crippen LogP contribution in [0.25, 0.3) is 0 Å². The molecule has 2 nitrogen and oxygen atoms in total. The molecule has 0 radical (unpaired) electrons. The highest BCUT2D eigenvalue weighted by Crippen LogP contribution is 2.50. The zero-order valence-electron chi connectivity index (χ0n) is 13.6. The van der Waals surface area contributed by atoms with Crippen molar-refractivity contribution in [3.8, 4) is 5.75 Å². The summed E-state index contributed by atoms with van der Waals surface area (Å²) in [6.45, 7) is 7.58. The number of ether oxygens (including phenoxy) is 1. The van der Waals surface area contributed by atoms with Crippen LogP contribution in [0.5, 0.6) is 5.75 Å². The second-order valence-electron chi connectivity index (χ2n) is 7.69. The predicted molar refractivity (Wildman–Crippen MR) is 85.9 cm³/mol. The number of benzene rings is 1. The average molecular weight is 285 g/mol. The van der Waals surface area contributed by atoms with Crippen LogP contribution in [-0.4, -0.2) is 31.1 Å². The minimum atomic E-state index is 0.326. The van der Waals surface area contributed by atoms with Gasteiger partial charge in [-0.3, -0.25) is 4.90 Å². The molecule has 1 aromatic rings. The maximum absolute atomic E-state index is 5.47. The molecule has 1 saturated carbocycles. The summed E-state index contributed by atoms with van der Waals surface area (Å²) in [6.07, 6.45) is 5.44. The molecular formula is C19H27NO. The van der Waals surface area contributed by atoms with E-state index in [0.29, 0.717) is 5.41 Å². The number of nitrogens with zero attached hydrogens (tertiary/aromatic N) is 1. The molecule has 2 fully saturated rings. The van der Waals surface area contributed by atoms with Crippen molar-refractivity contribution in [2.45, 2.75) is 51.0 Å². The molecular weight excluding hydrogens is 258 g/mol. The van der Waals surface area contributed by atoms with Crippen molar-refractivity contribution >= 4 is 0 Å². The fourth-order valence-electron chi connectivity index (χ4n) is 4.67. The van der Waals surface area contributed by atoms with E-state index in [-0.39, 0.29) is 0 Å². The maximum Gasteiger partial charge on any atom is 0.119 e. The molecule has 21 heavy (non-hydrogen) atoms. The van der Waals surface area contributed by atoms with Crippen molar-refractivity contribution in [3.63, 3.8) is 0 Å². The largest absolute Gasteiger partial charge is 0.497 e. The lowest BCUT2D eigenvalue weighted by Gasteiger charge is -2.54. The second kappa shape index (κ2) is 4.74. The van der Waals surface area contributed by atoms with Gasteiger partial charge in [0.05, 0.1) is 7.11 Å². The molecule has 3 aliphatic rings. The van der Waals surface area contributed by atoms with Crippen LogP contribution in [0.2, 0.25) is 0 Å². The zero-order valence-corrected chi connectivity index (χ0v) is 13.6. The summed E-state index contributed by atoms with van der Waals surface area (Å²) >= 11 is 0. The van der Waals surface area contributed by atoms with E-state index in [1.165, 1.54) is 38.8 Å². The van der Waals surface area contributed by atoms with Crippen LogP contribution < -0.4 is 4.74 Å². The third-order valence-corrected chi connectivity index (χ3v) is 6.52. The Kier molecular flexibility index (Phi) is 3.08. The van der Waals surface area contributed by atoms with Crippen LogP contribution >= 0.6 is 0 Å². The molecule has 3 atom stereocenters. The number of methoxy groups -OCH3 is 1. The first kappa shape index (κ1) is 13.6. The van der Waals surface area contributed by atoms with Gasteiger partial charge in [-0.15, -0.1) is 0 Å². The lowest BCUT2D eigenvalue weighted by atomic mass is 9.59. The zero-order chi connectivity index (χ0) is 14.6. The summed E-state index contributed by atoms with van der Waals surface area (Å²) in [5, 5.41) is 0. The molecule has 3 unspecified atom stereocenters. The third kappa shape index (κ3) is 2.11. The van der Waals surface area contributed by atoms with E-state index in [9.17, 15) is 0 Å². The normalized spacial score (nSPS) is 35.4. The summed E-state index contributed by atoms with van der Waals surface area (Å²) < 4.78 is 5.47. The summed E-state index contributed by atoms with van der Waals surface area (Å²) in [4.78, 5) is 2.80. The van der Waals surface area contributed by atoms with E-state index in [1.807, 2.05) is 0 Å². The van der Waals surface area contributed by atoms with Crippen molar-refractivity contribution in [2.75, 3.05) is 20.2 Å². The van der Waals surface area contributed by atoms with Gasteiger partial charge >= 0.3 is 0 Å². The van der Waals surface area contributed by atoms with Crippen molar-refractivity contribution < 1.29 is 4.74 Å². The van der Waals surface area contributed by atoms with Gasteiger partial charge in [0.2, 0.25) is 0 Å². The molecule has 0 aromatic heterocycles. The molecule has 114 valence electrons. The van der Waals surface area contributed by atoms with Crippen LogP contribution in [0.3, 0.4) is 0 Å². The van der Waals surface area contributed by atoms with Gasteiger partial charge in [-0.25, -0.2) is 0 Å². The van der Waals surface area contributed by atoms with Crippen molar-refractivity contribution in [2.24, 2.45) is 11.8 Å². The van der Waals surface area contributed by atoms with E-state index in [0.717, 1.165) is 23.6 Å². The Morgan fingerprint density at radius 2 is 2.14 bits per heavy atom. The monoisotopic (exact) mass is 285 g/mol. The number of rotatable bonds is 3. The fraction of sp³-hybridized carbons (Fsp3) is 0.684.